The molecule has 0 unspecified atom stereocenters. The number of aliphatic imine (C=N–C) groups is 2. The lowest BCUT2D eigenvalue weighted by Crippen LogP contribution is -2.51. The molecule has 0 aliphatic carbocycles. The second kappa shape index (κ2) is 3.57. The van der Waals surface area contributed by atoms with Crippen LogP contribution in [0.1, 0.15) is 0 Å². The van der Waals surface area contributed by atoms with Gasteiger partial charge in [0.05, 0.1) is 11.4 Å². The van der Waals surface area contributed by atoms with Crippen LogP contribution in [-0.2, 0) is 4.79 Å². The summed E-state index contributed by atoms with van der Waals surface area (Å²) in [5.74, 6) is 1.30. The molecule has 6 nitrogen and oxygen atoms in total. The Bertz CT molecular complexity index is 644. The fraction of sp³-hybridized carbons (Fsp3) is 0.231. The molecule has 0 aromatic heterocycles. The first-order valence-corrected chi connectivity index (χ1v) is 6.16. The Labute approximate surface area is 110 Å². The van der Waals surface area contributed by atoms with Gasteiger partial charge in [-0.2, -0.15) is 4.99 Å². The molecule has 1 aromatic rings. The number of benzene rings is 1. The van der Waals surface area contributed by atoms with E-state index in [2.05, 4.69) is 21.3 Å². The van der Waals surface area contributed by atoms with Gasteiger partial charge in [0, 0.05) is 25.2 Å². The van der Waals surface area contributed by atoms with E-state index in [0.717, 1.165) is 30.3 Å². The first-order valence-electron chi connectivity index (χ1n) is 6.16. The van der Waals surface area contributed by atoms with E-state index >= 15 is 0 Å². The molecule has 1 fully saturated rings. The number of amidine groups is 2. The Morgan fingerprint density at radius 3 is 2.74 bits per heavy atom. The van der Waals surface area contributed by atoms with Crippen LogP contribution in [0.3, 0.4) is 0 Å². The maximum Gasteiger partial charge on any atom is 0.267 e. The average molecular weight is 254 g/mol. The van der Waals surface area contributed by atoms with Crippen molar-refractivity contribution in [1.82, 2.24) is 4.90 Å². The topological polar surface area (TPSA) is 74.3 Å². The number of nitrogens with zero attached hydrogens (tertiary/aromatic N) is 4. The van der Waals surface area contributed by atoms with E-state index in [9.17, 15) is 4.79 Å². The van der Waals surface area contributed by atoms with Crippen molar-refractivity contribution in [2.45, 2.75) is 0 Å². The van der Waals surface area contributed by atoms with Crippen LogP contribution < -0.4 is 10.6 Å². The number of hydrogen-bond acceptors (Lipinski definition) is 5. The molecule has 0 atom stereocenters. The third kappa shape index (κ3) is 1.46. The summed E-state index contributed by atoms with van der Waals surface area (Å²) in [6.07, 6.45) is 2.16. The van der Waals surface area contributed by atoms with Gasteiger partial charge in [-0.25, -0.2) is 4.99 Å². The van der Waals surface area contributed by atoms with Crippen molar-refractivity contribution >= 4 is 34.6 Å². The summed E-state index contributed by atoms with van der Waals surface area (Å²) in [6.45, 7) is 1.97. The highest BCUT2D eigenvalue weighted by atomic mass is 16.2. The van der Waals surface area contributed by atoms with Gasteiger partial charge in [0.15, 0.2) is 11.7 Å². The monoisotopic (exact) mass is 254 g/mol. The highest BCUT2D eigenvalue weighted by molar-refractivity contribution is 6.50. The molecule has 3 aliphatic heterocycles. The molecule has 1 aromatic carbocycles. The Hall–Kier alpha value is -2.37. The first-order chi connectivity index (χ1) is 9.22. The van der Waals surface area contributed by atoms with Crippen LogP contribution in [0, 0.1) is 6.42 Å². The molecule has 1 saturated heterocycles. The van der Waals surface area contributed by atoms with Crippen LogP contribution in [0.5, 0.6) is 0 Å². The molecule has 0 saturated carbocycles. The Balaban J connectivity index is 1.89. The summed E-state index contributed by atoms with van der Waals surface area (Å²) in [5, 5.41) is 0. The normalized spacial score (nSPS) is 20.5. The van der Waals surface area contributed by atoms with E-state index in [1.807, 2.05) is 23.1 Å². The fourth-order valence-electron chi connectivity index (χ4n) is 2.45. The summed E-state index contributed by atoms with van der Waals surface area (Å²) in [4.78, 5) is 24.4. The number of anilines is 2. The van der Waals surface area contributed by atoms with Crippen LogP contribution in [0.15, 0.2) is 28.2 Å². The zero-order valence-electron chi connectivity index (χ0n) is 10.2. The molecule has 6 heteroatoms. The molecule has 1 radical (unpaired) electrons. The van der Waals surface area contributed by atoms with Gasteiger partial charge in [0.25, 0.3) is 5.91 Å². The molecule has 3 heterocycles. The number of fused-ring (bicyclic) bond motifs is 3. The molecule has 2 N–H and O–H groups in total. The molecule has 19 heavy (non-hydrogen) atoms. The Kier molecular flexibility index (Phi) is 1.98. The maximum atomic E-state index is 11.6. The van der Waals surface area contributed by atoms with E-state index in [-0.39, 0.29) is 12.5 Å². The SMILES string of the molecule is Nc1ccc2c(c1)N1CC(=O)N=C1C(N1C[CH]C1)=N2. The van der Waals surface area contributed by atoms with Gasteiger partial charge < -0.3 is 15.5 Å². The number of nitrogen functional groups attached to an aromatic ring is 1. The number of carbonyl (C=O) groups is 1. The van der Waals surface area contributed by atoms with Gasteiger partial charge in [-0.05, 0) is 18.2 Å². The lowest BCUT2D eigenvalue weighted by molar-refractivity contribution is -0.115. The largest absolute Gasteiger partial charge is 0.399 e. The standard InChI is InChI=1S/C13H12N5O/c14-8-2-3-9-10(6-8)18-7-11(19)16-13(18)12(15-9)17-4-1-5-17/h1-3,6H,4-5,7,14H2. The first kappa shape index (κ1) is 10.5. The molecule has 0 spiro atoms. The maximum absolute atomic E-state index is 11.6. The molecule has 1 amide bonds. The second-order valence-corrected chi connectivity index (χ2v) is 4.79. The summed E-state index contributed by atoms with van der Waals surface area (Å²) in [6, 6.07) is 5.54. The van der Waals surface area contributed by atoms with Gasteiger partial charge >= 0.3 is 0 Å². The van der Waals surface area contributed by atoms with Gasteiger partial charge in [-0.15, -0.1) is 0 Å². The number of nitrogens with two attached hydrogens (primary N) is 1. The van der Waals surface area contributed by atoms with Crippen molar-refractivity contribution in [2.24, 2.45) is 9.98 Å². The lowest BCUT2D eigenvalue weighted by Gasteiger charge is -2.37. The second-order valence-electron chi connectivity index (χ2n) is 4.79. The van der Waals surface area contributed by atoms with Crippen molar-refractivity contribution in [3.63, 3.8) is 0 Å². The summed E-state index contributed by atoms with van der Waals surface area (Å²) < 4.78 is 0. The van der Waals surface area contributed by atoms with Gasteiger partial charge in [-0.3, -0.25) is 4.79 Å². The molecule has 0 bridgehead atoms. The van der Waals surface area contributed by atoms with Gasteiger partial charge in [0.1, 0.15) is 6.54 Å². The minimum Gasteiger partial charge on any atom is -0.399 e. The predicted octanol–water partition coefficient (Wildman–Crippen LogP) is 0.577. The highest BCUT2D eigenvalue weighted by Crippen LogP contribution is 2.37. The zero-order chi connectivity index (χ0) is 13.0. The average Bonchev–Trinajstić information content (AvgIpc) is 2.70. The Morgan fingerprint density at radius 1 is 1.16 bits per heavy atom. The quantitative estimate of drug-likeness (QED) is 0.687. The van der Waals surface area contributed by atoms with E-state index in [1.54, 1.807) is 0 Å². The van der Waals surface area contributed by atoms with E-state index in [4.69, 9.17) is 5.73 Å². The van der Waals surface area contributed by atoms with E-state index in [1.165, 1.54) is 0 Å². The third-order valence-corrected chi connectivity index (χ3v) is 3.49. The highest BCUT2D eigenvalue weighted by Gasteiger charge is 2.37. The Morgan fingerprint density at radius 2 is 2.00 bits per heavy atom. The molecule has 95 valence electrons. The third-order valence-electron chi connectivity index (χ3n) is 3.49. The zero-order valence-corrected chi connectivity index (χ0v) is 10.2. The van der Waals surface area contributed by atoms with Crippen molar-refractivity contribution in [1.29, 1.82) is 0 Å². The van der Waals surface area contributed by atoms with Crippen LogP contribution in [0.4, 0.5) is 17.1 Å². The lowest BCUT2D eigenvalue weighted by atomic mass is 10.1. The summed E-state index contributed by atoms with van der Waals surface area (Å²) in [7, 11) is 0. The minimum absolute atomic E-state index is 0.137. The minimum atomic E-state index is -0.137. The molecule has 3 aliphatic rings. The fourth-order valence-corrected chi connectivity index (χ4v) is 2.45. The predicted molar refractivity (Wildman–Crippen MR) is 73.6 cm³/mol. The van der Waals surface area contributed by atoms with Crippen molar-refractivity contribution in [3.05, 3.63) is 24.6 Å². The number of rotatable bonds is 0. The van der Waals surface area contributed by atoms with Crippen molar-refractivity contribution in [2.75, 3.05) is 30.3 Å². The van der Waals surface area contributed by atoms with Crippen LogP contribution in [0.2, 0.25) is 0 Å². The van der Waals surface area contributed by atoms with E-state index < -0.39 is 0 Å². The van der Waals surface area contributed by atoms with Gasteiger partial charge in [-0.1, -0.05) is 0 Å². The smallest absolute Gasteiger partial charge is 0.267 e. The number of hydrogen-bond donors (Lipinski definition) is 1. The molecular weight excluding hydrogens is 242 g/mol. The number of amides is 1. The molecule has 4 rings (SSSR count). The molecular formula is C13H12N5O. The van der Waals surface area contributed by atoms with E-state index in [0.29, 0.717) is 11.5 Å². The van der Waals surface area contributed by atoms with Gasteiger partial charge in [0.2, 0.25) is 0 Å². The number of carbonyl (C=O) groups excluding carboxylic acids is 1. The van der Waals surface area contributed by atoms with Crippen LogP contribution in [-0.4, -0.2) is 42.1 Å². The van der Waals surface area contributed by atoms with Crippen molar-refractivity contribution in [3.8, 4) is 0 Å². The summed E-state index contributed by atoms with van der Waals surface area (Å²) in [5.41, 5.74) is 8.17. The van der Waals surface area contributed by atoms with Crippen LogP contribution in [0.25, 0.3) is 0 Å². The van der Waals surface area contributed by atoms with Crippen molar-refractivity contribution < 1.29 is 4.79 Å². The summed E-state index contributed by atoms with van der Waals surface area (Å²) >= 11 is 0. The van der Waals surface area contributed by atoms with Crippen LogP contribution >= 0.6 is 0 Å². The number of likely N-dealkylation sites (tertiary alicyclic amines) is 1.